The summed E-state index contributed by atoms with van der Waals surface area (Å²) < 4.78 is 5.07. The van der Waals surface area contributed by atoms with Crippen LogP contribution in [0.2, 0.25) is 0 Å². The van der Waals surface area contributed by atoms with Gasteiger partial charge in [-0.3, -0.25) is 4.79 Å². The van der Waals surface area contributed by atoms with Crippen LogP contribution in [-0.4, -0.2) is 18.5 Å². The summed E-state index contributed by atoms with van der Waals surface area (Å²) in [6.45, 7) is 2.40. The van der Waals surface area contributed by atoms with Gasteiger partial charge in [-0.15, -0.1) is 0 Å². The van der Waals surface area contributed by atoms with E-state index in [1.54, 1.807) is 24.3 Å². The normalized spacial score (nSPS) is 9.47. The summed E-state index contributed by atoms with van der Waals surface area (Å²) in [5.41, 5.74) is 0.857. The van der Waals surface area contributed by atoms with Crippen molar-refractivity contribution in [3.63, 3.8) is 0 Å². The number of hydrogen-bond donors (Lipinski definition) is 1. The quantitative estimate of drug-likeness (QED) is 0.629. The molecule has 0 fully saturated rings. The smallest absolute Gasteiger partial charge is 0.338 e. The van der Waals surface area contributed by atoms with Crippen molar-refractivity contribution in [2.45, 2.75) is 26.2 Å². The number of carbonyl (C=O) groups excluding carboxylic acids is 2. The third kappa shape index (κ3) is 5.21. The molecule has 0 heterocycles. The second-order valence-electron chi connectivity index (χ2n) is 3.95. The van der Waals surface area contributed by atoms with Gasteiger partial charge in [0, 0.05) is 5.69 Å². The molecule has 100 valence electrons. The van der Waals surface area contributed by atoms with Gasteiger partial charge in [0.25, 0.3) is 0 Å². The van der Waals surface area contributed by atoms with Crippen LogP contribution >= 0.6 is 0 Å². The second-order valence-corrected chi connectivity index (χ2v) is 3.95. The molecule has 0 atom stereocenters. The topological polar surface area (TPSA) is 79.2 Å². The van der Waals surface area contributed by atoms with Gasteiger partial charge in [0.15, 0.2) is 0 Å². The van der Waals surface area contributed by atoms with Crippen molar-refractivity contribution in [3.05, 3.63) is 29.8 Å². The molecule has 0 aliphatic heterocycles. The Morgan fingerprint density at radius 1 is 1.42 bits per heavy atom. The van der Waals surface area contributed by atoms with Gasteiger partial charge in [-0.05, 0) is 24.6 Å². The third-order valence-electron chi connectivity index (χ3n) is 2.35. The summed E-state index contributed by atoms with van der Waals surface area (Å²) in [4.78, 5) is 23.0. The van der Waals surface area contributed by atoms with E-state index in [4.69, 9.17) is 10.00 Å². The van der Waals surface area contributed by atoms with Crippen LogP contribution in [0.5, 0.6) is 0 Å². The first-order chi connectivity index (χ1) is 9.17. The molecule has 19 heavy (non-hydrogen) atoms. The minimum atomic E-state index is -0.412. The monoisotopic (exact) mass is 260 g/mol. The first-order valence-corrected chi connectivity index (χ1v) is 6.11. The molecular formula is C14H16N2O3. The van der Waals surface area contributed by atoms with Gasteiger partial charge in [0.2, 0.25) is 5.91 Å². The lowest BCUT2D eigenvalue weighted by Crippen LogP contribution is -2.11. The third-order valence-corrected chi connectivity index (χ3v) is 2.35. The number of rotatable bonds is 6. The molecule has 0 unspecified atom stereocenters. The standard InChI is InChI=1S/C14H16N2O3/c1-2-3-9-19-14(18)11-5-4-6-12(10-11)16-13(17)7-8-15/h4-6,10H,2-3,7,9H2,1H3,(H,16,17). The van der Waals surface area contributed by atoms with Crippen LogP contribution in [0.15, 0.2) is 24.3 Å². The highest BCUT2D eigenvalue weighted by molar-refractivity contribution is 5.95. The Kier molecular flexibility index (Phi) is 6.10. The van der Waals surface area contributed by atoms with E-state index in [0.717, 1.165) is 12.8 Å². The predicted molar refractivity (Wildman–Crippen MR) is 70.5 cm³/mol. The Labute approximate surface area is 112 Å². The SMILES string of the molecule is CCCCOC(=O)c1cccc(NC(=O)CC#N)c1. The molecule has 0 radical (unpaired) electrons. The molecule has 1 aromatic carbocycles. The Hall–Kier alpha value is -2.35. The predicted octanol–water partition coefficient (Wildman–Crippen LogP) is 2.50. The zero-order chi connectivity index (χ0) is 14.1. The Morgan fingerprint density at radius 2 is 2.21 bits per heavy atom. The number of ether oxygens (including phenoxy) is 1. The fraction of sp³-hybridized carbons (Fsp3) is 0.357. The van der Waals surface area contributed by atoms with Crippen molar-refractivity contribution in [1.82, 2.24) is 0 Å². The van der Waals surface area contributed by atoms with Gasteiger partial charge < -0.3 is 10.1 Å². The fourth-order valence-corrected chi connectivity index (χ4v) is 1.39. The largest absolute Gasteiger partial charge is 0.462 e. The molecule has 1 rings (SSSR count). The van der Waals surface area contributed by atoms with E-state index in [0.29, 0.717) is 17.9 Å². The minimum absolute atomic E-state index is 0.217. The van der Waals surface area contributed by atoms with E-state index in [1.807, 2.05) is 6.92 Å². The van der Waals surface area contributed by atoms with Crippen molar-refractivity contribution >= 4 is 17.6 Å². The summed E-state index contributed by atoms with van der Waals surface area (Å²) in [6.07, 6.45) is 1.56. The lowest BCUT2D eigenvalue weighted by Gasteiger charge is -2.06. The molecule has 0 saturated heterocycles. The summed E-state index contributed by atoms with van der Waals surface area (Å²) in [5.74, 6) is -0.816. The molecule has 1 aromatic rings. The first kappa shape index (κ1) is 14.7. The van der Waals surface area contributed by atoms with Crippen LogP contribution in [0, 0.1) is 11.3 Å². The van der Waals surface area contributed by atoms with Gasteiger partial charge in [-0.25, -0.2) is 4.79 Å². The Morgan fingerprint density at radius 3 is 2.89 bits per heavy atom. The van der Waals surface area contributed by atoms with E-state index >= 15 is 0 Å². The van der Waals surface area contributed by atoms with E-state index < -0.39 is 11.9 Å². The highest BCUT2D eigenvalue weighted by Gasteiger charge is 2.08. The fourth-order valence-electron chi connectivity index (χ4n) is 1.39. The number of hydrogen-bond acceptors (Lipinski definition) is 4. The molecule has 1 N–H and O–H groups in total. The van der Waals surface area contributed by atoms with E-state index in [2.05, 4.69) is 5.32 Å². The van der Waals surface area contributed by atoms with Crippen molar-refractivity contribution in [3.8, 4) is 6.07 Å². The van der Waals surface area contributed by atoms with Gasteiger partial charge in [0.05, 0.1) is 18.2 Å². The number of carbonyl (C=O) groups is 2. The number of nitriles is 1. The number of anilines is 1. The van der Waals surface area contributed by atoms with Crippen molar-refractivity contribution in [2.24, 2.45) is 0 Å². The van der Waals surface area contributed by atoms with Gasteiger partial charge in [-0.1, -0.05) is 19.4 Å². The van der Waals surface area contributed by atoms with Crippen LogP contribution in [0.1, 0.15) is 36.5 Å². The van der Waals surface area contributed by atoms with Crippen LogP contribution in [-0.2, 0) is 9.53 Å². The number of nitrogens with zero attached hydrogens (tertiary/aromatic N) is 1. The van der Waals surface area contributed by atoms with Gasteiger partial charge in [0.1, 0.15) is 6.42 Å². The number of nitrogens with one attached hydrogen (secondary N) is 1. The zero-order valence-electron chi connectivity index (χ0n) is 10.8. The lowest BCUT2D eigenvalue weighted by molar-refractivity contribution is -0.115. The van der Waals surface area contributed by atoms with Crippen LogP contribution < -0.4 is 5.32 Å². The number of amides is 1. The van der Waals surface area contributed by atoms with Crippen LogP contribution in [0.4, 0.5) is 5.69 Å². The molecule has 0 spiro atoms. The molecule has 0 aliphatic rings. The average Bonchev–Trinajstić information content (AvgIpc) is 2.39. The molecule has 0 bridgehead atoms. The van der Waals surface area contributed by atoms with Gasteiger partial charge >= 0.3 is 5.97 Å². The zero-order valence-corrected chi connectivity index (χ0v) is 10.8. The van der Waals surface area contributed by atoms with E-state index in [9.17, 15) is 9.59 Å². The maximum atomic E-state index is 11.7. The molecule has 1 amide bonds. The van der Waals surface area contributed by atoms with Crippen molar-refractivity contribution in [1.29, 1.82) is 5.26 Å². The molecule has 5 nitrogen and oxygen atoms in total. The molecule has 0 saturated carbocycles. The minimum Gasteiger partial charge on any atom is -0.462 e. The number of esters is 1. The highest BCUT2D eigenvalue weighted by atomic mass is 16.5. The number of unbranched alkanes of at least 4 members (excludes halogenated alkanes) is 1. The van der Waals surface area contributed by atoms with Gasteiger partial charge in [-0.2, -0.15) is 5.26 Å². The maximum absolute atomic E-state index is 11.7. The average molecular weight is 260 g/mol. The summed E-state index contributed by atoms with van der Waals surface area (Å²) in [5, 5.41) is 10.9. The van der Waals surface area contributed by atoms with Crippen LogP contribution in [0.3, 0.4) is 0 Å². The summed E-state index contributed by atoms with van der Waals surface area (Å²) >= 11 is 0. The summed E-state index contributed by atoms with van der Waals surface area (Å²) in [7, 11) is 0. The lowest BCUT2D eigenvalue weighted by atomic mass is 10.2. The van der Waals surface area contributed by atoms with E-state index in [-0.39, 0.29) is 6.42 Å². The van der Waals surface area contributed by atoms with E-state index in [1.165, 1.54) is 6.07 Å². The highest BCUT2D eigenvalue weighted by Crippen LogP contribution is 2.12. The Balaban J connectivity index is 2.63. The van der Waals surface area contributed by atoms with Crippen LogP contribution in [0.25, 0.3) is 0 Å². The Bertz CT molecular complexity index is 492. The first-order valence-electron chi connectivity index (χ1n) is 6.11. The molecule has 5 heteroatoms. The summed E-state index contributed by atoms with van der Waals surface area (Å²) in [6, 6.07) is 8.21. The molecular weight excluding hydrogens is 244 g/mol. The number of benzene rings is 1. The van der Waals surface area contributed by atoms with Crippen molar-refractivity contribution in [2.75, 3.05) is 11.9 Å². The van der Waals surface area contributed by atoms with Crippen molar-refractivity contribution < 1.29 is 14.3 Å². The molecule has 0 aliphatic carbocycles. The second kappa shape index (κ2) is 7.88. The maximum Gasteiger partial charge on any atom is 0.338 e. The molecule has 0 aromatic heterocycles.